The van der Waals surface area contributed by atoms with Crippen molar-refractivity contribution in [3.05, 3.63) is 12.3 Å². The molecular weight excluding hydrogens is 138 g/mol. The van der Waals surface area contributed by atoms with Crippen molar-refractivity contribution in [3.8, 4) is 0 Å². The van der Waals surface area contributed by atoms with Gasteiger partial charge in [-0.2, -0.15) is 0 Å². The zero-order valence-corrected chi connectivity index (χ0v) is 6.62. The zero-order chi connectivity index (χ0) is 7.68. The maximum Gasteiger partial charge on any atom is 0.159 e. The van der Waals surface area contributed by atoms with Gasteiger partial charge in [0, 0.05) is 25.2 Å². The monoisotopic (exact) mass is 151 g/mol. The van der Waals surface area contributed by atoms with Crippen LogP contribution in [0.2, 0.25) is 0 Å². The van der Waals surface area contributed by atoms with Gasteiger partial charge in [0.05, 0.1) is 0 Å². The third kappa shape index (κ3) is 1.30. The Hall–Kier alpha value is -0.790. The van der Waals surface area contributed by atoms with Crippen LogP contribution in [-0.2, 0) is 4.79 Å². The molecule has 0 radical (unpaired) electrons. The van der Waals surface area contributed by atoms with Gasteiger partial charge in [-0.1, -0.05) is 0 Å². The number of carbonyl (C=O) groups is 1. The molecule has 2 aliphatic heterocycles. The van der Waals surface area contributed by atoms with Crippen LogP contribution in [0, 0.1) is 0 Å². The van der Waals surface area contributed by atoms with Gasteiger partial charge in [-0.25, -0.2) is 0 Å². The molecule has 0 saturated carbocycles. The molecule has 2 heterocycles. The Bertz CT molecular complexity index is 198. The van der Waals surface area contributed by atoms with Gasteiger partial charge in [-0.05, 0) is 25.3 Å². The summed E-state index contributed by atoms with van der Waals surface area (Å²) in [7, 11) is 0. The highest BCUT2D eigenvalue weighted by atomic mass is 16.1. The second-order valence-corrected chi connectivity index (χ2v) is 3.37. The second-order valence-electron chi connectivity index (χ2n) is 3.37. The molecule has 2 heteroatoms. The van der Waals surface area contributed by atoms with Crippen LogP contribution in [0.15, 0.2) is 12.3 Å². The van der Waals surface area contributed by atoms with Crippen LogP contribution in [-0.4, -0.2) is 23.3 Å². The molecule has 0 unspecified atom stereocenters. The van der Waals surface area contributed by atoms with Gasteiger partial charge in [-0.3, -0.25) is 4.79 Å². The van der Waals surface area contributed by atoms with Crippen molar-refractivity contribution in [1.82, 2.24) is 4.90 Å². The Morgan fingerprint density at radius 1 is 1.45 bits per heavy atom. The van der Waals surface area contributed by atoms with E-state index in [9.17, 15) is 4.79 Å². The van der Waals surface area contributed by atoms with Gasteiger partial charge in [0.2, 0.25) is 0 Å². The summed E-state index contributed by atoms with van der Waals surface area (Å²) in [6, 6.07) is 0.529. The summed E-state index contributed by atoms with van der Waals surface area (Å²) < 4.78 is 0. The molecule has 0 aliphatic carbocycles. The molecule has 0 aromatic carbocycles. The van der Waals surface area contributed by atoms with Crippen LogP contribution >= 0.6 is 0 Å². The van der Waals surface area contributed by atoms with Crippen LogP contribution in [0.4, 0.5) is 0 Å². The lowest BCUT2D eigenvalue weighted by Gasteiger charge is -2.36. The largest absolute Gasteiger partial charge is 0.374 e. The quantitative estimate of drug-likeness (QED) is 0.520. The molecule has 1 fully saturated rings. The lowest BCUT2D eigenvalue weighted by Crippen LogP contribution is -2.39. The molecule has 2 nitrogen and oxygen atoms in total. The van der Waals surface area contributed by atoms with Gasteiger partial charge < -0.3 is 4.90 Å². The summed E-state index contributed by atoms with van der Waals surface area (Å²) in [5, 5.41) is 0. The van der Waals surface area contributed by atoms with Crippen LogP contribution in [0.3, 0.4) is 0 Å². The summed E-state index contributed by atoms with van der Waals surface area (Å²) >= 11 is 0. The number of rotatable bonds is 0. The van der Waals surface area contributed by atoms with Crippen LogP contribution in [0.1, 0.15) is 25.7 Å². The van der Waals surface area contributed by atoms with Crippen molar-refractivity contribution >= 4 is 5.78 Å². The minimum Gasteiger partial charge on any atom is -0.374 e. The molecule has 2 rings (SSSR count). The number of ketones is 1. The smallest absolute Gasteiger partial charge is 0.159 e. The molecule has 60 valence electrons. The summed E-state index contributed by atoms with van der Waals surface area (Å²) in [4.78, 5) is 13.3. The summed E-state index contributed by atoms with van der Waals surface area (Å²) in [5.74, 6) is 0.299. The summed E-state index contributed by atoms with van der Waals surface area (Å²) in [6.45, 7) is 1.15. The lowest BCUT2D eigenvalue weighted by atomic mass is 9.95. The fourth-order valence-electron chi connectivity index (χ4n) is 1.92. The van der Waals surface area contributed by atoms with Gasteiger partial charge in [0.15, 0.2) is 5.78 Å². The van der Waals surface area contributed by atoms with Gasteiger partial charge >= 0.3 is 0 Å². The van der Waals surface area contributed by atoms with Crippen LogP contribution in [0.25, 0.3) is 0 Å². The average molecular weight is 151 g/mol. The third-order valence-corrected chi connectivity index (χ3v) is 2.56. The first kappa shape index (κ1) is 6.89. The van der Waals surface area contributed by atoms with Crippen molar-refractivity contribution in [2.24, 2.45) is 0 Å². The topological polar surface area (TPSA) is 20.3 Å². The molecule has 0 bridgehead atoms. The lowest BCUT2D eigenvalue weighted by molar-refractivity contribution is -0.116. The van der Waals surface area contributed by atoms with E-state index in [0.717, 1.165) is 13.0 Å². The molecule has 0 N–H and O–H groups in total. The third-order valence-electron chi connectivity index (χ3n) is 2.56. The Morgan fingerprint density at radius 3 is 3.27 bits per heavy atom. The number of hydrogen-bond acceptors (Lipinski definition) is 2. The molecule has 1 atom stereocenters. The predicted molar refractivity (Wildman–Crippen MR) is 43.1 cm³/mol. The van der Waals surface area contributed by atoms with E-state index in [2.05, 4.69) is 4.90 Å². The van der Waals surface area contributed by atoms with Gasteiger partial charge in [0.1, 0.15) is 0 Å². The Morgan fingerprint density at radius 2 is 2.36 bits per heavy atom. The summed E-state index contributed by atoms with van der Waals surface area (Å²) in [5.41, 5.74) is 0. The molecule has 2 aliphatic rings. The van der Waals surface area contributed by atoms with E-state index in [4.69, 9.17) is 0 Å². The van der Waals surface area contributed by atoms with Crippen LogP contribution in [0.5, 0.6) is 0 Å². The molecule has 0 aromatic rings. The van der Waals surface area contributed by atoms with Crippen molar-refractivity contribution in [1.29, 1.82) is 0 Å². The highest BCUT2D eigenvalue weighted by Gasteiger charge is 2.24. The molecule has 1 saturated heterocycles. The Kier molecular flexibility index (Phi) is 1.68. The first-order chi connectivity index (χ1) is 5.36. The number of allylic oxidation sites excluding steroid dienone is 1. The number of fused-ring (bicyclic) bond motifs is 1. The van der Waals surface area contributed by atoms with Crippen molar-refractivity contribution in [2.75, 3.05) is 6.54 Å². The number of hydrogen-bond donors (Lipinski definition) is 0. The standard InChI is InChI=1S/C9H13NO/c11-9-4-6-10-5-2-1-3-8(10)7-9/h4,6,8H,1-3,5,7H2/t8-/m0/s1. The van der Waals surface area contributed by atoms with E-state index in [1.807, 2.05) is 6.20 Å². The highest BCUT2D eigenvalue weighted by Crippen LogP contribution is 2.22. The molecular formula is C9H13NO. The molecule has 0 aromatic heterocycles. The highest BCUT2D eigenvalue weighted by molar-refractivity contribution is 5.90. The second kappa shape index (κ2) is 2.68. The zero-order valence-electron chi connectivity index (χ0n) is 6.62. The first-order valence-corrected chi connectivity index (χ1v) is 4.33. The Balaban J connectivity index is 2.10. The van der Waals surface area contributed by atoms with E-state index < -0.39 is 0 Å². The van der Waals surface area contributed by atoms with Gasteiger partial charge in [-0.15, -0.1) is 0 Å². The van der Waals surface area contributed by atoms with Gasteiger partial charge in [0.25, 0.3) is 0 Å². The molecule has 0 spiro atoms. The normalized spacial score (nSPS) is 30.4. The van der Waals surface area contributed by atoms with Crippen LogP contribution < -0.4 is 0 Å². The first-order valence-electron chi connectivity index (χ1n) is 4.33. The molecule has 0 amide bonds. The maximum atomic E-state index is 11.0. The number of piperidine rings is 1. The maximum absolute atomic E-state index is 11.0. The SMILES string of the molecule is O=C1C=CN2CCCC[C@H]2C1. The van der Waals surface area contributed by atoms with E-state index in [1.54, 1.807) is 6.08 Å². The van der Waals surface area contributed by atoms with Crippen molar-refractivity contribution in [2.45, 2.75) is 31.7 Å². The summed E-state index contributed by atoms with van der Waals surface area (Å²) in [6.07, 6.45) is 8.21. The van der Waals surface area contributed by atoms with E-state index in [0.29, 0.717) is 11.8 Å². The minimum absolute atomic E-state index is 0.299. The predicted octanol–water partition coefficient (Wildman–Crippen LogP) is 1.33. The van der Waals surface area contributed by atoms with E-state index in [-0.39, 0.29) is 0 Å². The van der Waals surface area contributed by atoms with Crippen molar-refractivity contribution < 1.29 is 4.79 Å². The molecule has 11 heavy (non-hydrogen) atoms. The average Bonchev–Trinajstić information content (AvgIpc) is 2.04. The fourth-order valence-corrected chi connectivity index (χ4v) is 1.92. The fraction of sp³-hybridized carbons (Fsp3) is 0.667. The number of carbonyl (C=O) groups excluding carboxylic acids is 1. The van der Waals surface area contributed by atoms with E-state index >= 15 is 0 Å². The number of nitrogens with zero attached hydrogens (tertiary/aromatic N) is 1. The Labute approximate surface area is 66.9 Å². The van der Waals surface area contributed by atoms with E-state index in [1.165, 1.54) is 19.3 Å². The van der Waals surface area contributed by atoms with Crippen molar-refractivity contribution in [3.63, 3.8) is 0 Å². The minimum atomic E-state index is 0.299.